The van der Waals surface area contributed by atoms with Gasteiger partial charge in [0.25, 0.3) is 0 Å². The van der Waals surface area contributed by atoms with E-state index in [4.69, 9.17) is 9.47 Å². The van der Waals surface area contributed by atoms with Gasteiger partial charge in [-0.2, -0.15) is 0 Å². The molecule has 8 heteroatoms. The number of aliphatic imine (C=N–C) groups is 1. The quantitative estimate of drug-likeness (QED) is 0.338. The molecule has 2 bridgehead atoms. The average Bonchev–Trinajstić information content (AvgIpc) is 3.16. The summed E-state index contributed by atoms with van der Waals surface area (Å²) in [6, 6.07) is 0.659. The van der Waals surface area contributed by atoms with Crippen molar-refractivity contribution in [1.29, 1.82) is 0 Å². The largest absolute Gasteiger partial charge is 0.444 e. The van der Waals surface area contributed by atoms with Crippen LogP contribution < -0.4 is 10.6 Å². The first-order valence-corrected chi connectivity index (χ1v) is 10.1. The summed E-state index contributed by atoms with van der Waals surface area (Å²) in [6.45, 7) is 9.73. The molecular formula is C19H35IN4O3. The Kier molecular flexibility index (Phi) is 8.03. The van der Waals surface area contributed by atoms with E-state index < -0.39 is 5.60 Å². The Labute approximate surface area is 180 Å². The molecule has 1 saturated carbocycles. The van der Waals surface area contributed by atoms with Crippen molar-refractivity contribution in [3.8, 4) is 0 Å². The SMILES string of the molecule is CCNC(=NCCN(C(=O)OC(C)(C)C)C1CC1)NC1CC2CCC1O2.I. The molecular weight excluding hydrogens is 459 g/mol. The van der Waals surface area contributed by atoms with Crippen molar-refractivity contribution in [2.24, 2.45) is 4.99 Å². The number of rotatable bonds is 6. The van der Waals surface area contributed by atoms with Crippen molar-refractivity contribution < 1.29 is 14.3 Å². The van der Waals surface area contributed by atoms with E-state index in [0.717, 1.165) is 38.2 Å². The molecule has 7 nitrogen and oxygen atoms in total. The Morgan fingerprint density at radius 3 is 2.52 bits per heavy atom. The molecule has 2 N–H and O–H groups in total. The van der Waals surface area contributed by atoms with Gasteiger partial charge in [0.05, 0.1) is 24.8 Å². The van der Waals surface area contributed by atoms with Crippen LogP contribution in [0.3, 0.4) is 0 Å². The number of nitrogens with one attached hydrogen (secondary N) is 2. The molecule has 1 amide bonds. The van der Waals surface area contributed by atoms with Crippen LogP contribution in [0.4, 0.5) is 4.79 Å². The number of hydrogen-bond acceptors (Lipinski definition) is 4. The smallest absolute Gasteiger partial charge is 0.410 e. The third kappa shape index (κ3) is 6.66. The van der Waals surface area contributed by atoms with Crippen LogP contribution in [0.15, 0.2) is 4.99 Å². The van der Waals surface area contributed by atoms with Crippen LogP contribution in [-0.4, -0.2) is 66.5 Å². The van der Waals surface area contributed by atoms with Crippen molar-refractivity contribution in [3.63, 3.8) is 0 Å². The van der Waals surface area contributed by atoms with Crippen LogP contribution in [0.1, 0.15) is 59.8 Å². The summed E-state index contributed by atoms with van der Waals surface area (Å²) in [5, 5.41) is 6.82. The number of carbonyl (C=O) groups is 1. The Balaban J connectivity index is 0.00000261. The van der Waals surface area contributed by atoms with E-state index in [-0.39, 0.29) is 30.1 Å². The lowest BCUT2D eigenvalue weighted by Crippen LogP contribution is -2.47. The van der Waals surface area contributed by atoms with Crippen LogP contribution in [0, 0.1) is 0 Å². The summed E-state index contributed by atoms with van der Waals surface area (Å²) in [4.78, 5) is 18.9. The van der Waals surface area contributed by atoms with Gasteiger partial charge in [0, 0.05) is 19.1 Å². The Bertz CT molecular complexity index is 534. The first-order valence-electron chi connectivity index (χ1n) is 10.1. The van der Waals surface area contributed by atoms with Gasteiger partial charge in [0.1, 0.15) is 5.60 Å². The normalized spacial score (nSPS) is 27.1. The molecule has 0 spiro atoms. The summed E-state index contributed by atoms with van der Waals surface area (Å²) in [5.41, 5.74) is -0.467. The summed E-state index contributed by atoms with van der Waals surface area (Å²) >= 11 is 0. The van der Waals surface area contributed by atoms with E-state index in [9.17, 15) is 4.79 Å². The average molecular weight is 494 g/mol. The number of nitrogens with zero attached hydrogens (tertiary/aromatic N) is 2. The van der Waals surface area contributed by atoms with E-state index in [2.05, 4.69) is 22.5 Å². The first-order chi connectivity index (χ1) is 12.4. The van der Waals surface area contributed by atoms with Gasteiger partial charge in [0.15, 0.2) is 5.96 Å². The number of fused-ring (bicyclic) bond motifs is 2. The minimum atomic E-state index is -0.467. The minimum Gasteiger partial charge on any atom is -0.444 e. The van der Waals surface area contributed by atoms with Crippen LogP contribution >= 0.6 is 24.0 Å². The Hall–Kier alpha value is -0.770. The summed E-state index contributed by atoms with van der Waals surface area (Å²) in [5.74, 6) is 0.814. The van der Waals surface area contributed by atoms with E-state index >= 15 is 0 Å². The third-order valence-corrected chi connectivity index (χ3v) is 5.00. The fourth-order valence-corrected chi connectivity index (χ4v) is 3.68. The molecule has 0 aromatic rings. The van der Waals surface area contributed by atoms with Crippen LogP contribution in [0.5, 0.6) is 0 Å². The molecule has 0 radical (unpaired) electrons. The summed E-state index contributed by atoms with van der Waals surface area (Å²) in [6.07, 6.45) is 5.99. The molecule has 0 aromatic heterocycles. The zero-order chi connectivity index (χ0) is 18.7. The fraction of sp³-hybridized carbons (Fsp3) is 0.895. The number of halogens is 1. The third-order valence-electron chi connectivity index (χ3n) is 5.00. The first kappa shape index (κ1) is 22.5. The van der Waals surface area contributed by atoms with Crippen LogP contribution in [0.2, 0.25) is 0 Å². The second kappa shape index (κ2) is 9.62. The molecule has 2 saturated heterocycles. The Morgan fingerprint density at radius 1 is 1.26 bits per heavy atom. The molecule has 0 aromatic carbocycles. The van der Waals surface area contributed by atoms with Crippen molar-refractivity contribution in [2.75, 3.05) is 19.6 Å². The van der Waals surface area contributed by atoms with Gasteiger partial charge in [-0.15, -0.1) is 24.0 Å². The molecule has 156 valence electrons. The van der Waals surface area contributed by atoms with E-state index in [1.165, 1.54) is 6.42 Å². The molecule has 3 unspecified atom stereocenters. The van der Waals surface area contributed by atoms with Gasteiger partial charge >= 0.3 is 6.09 Å². The number of amides is 1. The predicted octanol–water partition coefficient (Wildman–Crippen LogP) is 2.88. The fourth-order valence-electron chi connectivity index (χ4n) is 3.68. The number of ether oxygens (including phenoxy) is 2. The van der Waals surface area contributed by atoms with Gasteiger partial charge in [-0.25, -0.2) is 4.79 Å². The maximum Gasteiger partial charge on any atom is 0.410 e. The van der Waals surface area contributed by atoms with E-state index in [1.54, 1.807) is 0 Å². The zero-order valence-electron chi connectivity index (χ0n) is 17.0. The van der Waals surface area contributed by atoms with Gasteiger partial charge in [0.2, 0.25) is 0 Å². The van der Waals surface area contributed by atoms with Crippen LogP contribution in [0.25, 0.3) is 0 Å². The lowest BCUT2D eigenvalue weighted by molar-refractivity contribution is 0.0240. The summed E-state index contributed by atoms with van der Waals surface area (Å²) in [7, 11) is 0. The van der Waals surface area contributed by atoms with Crippen molar-refractivity contribution in [1.82, 2.24) is 15.5 Å². The van der Waals surface area contributed by atoms with Gasteiger partial charge < -0.3 is 25.0 Å². The Morgan fingerprint density at radius 2 is 2.00 bits per heavy atom. The number of hydrogen-bond donors (Lipinski definition) is 2. The monoisotopic (exact) mass is 494 g/mol. The molecule has 2 heterocycles. The topological polar surface area (TPSA) is 75.2 Å². The summed E-state index contributed by atoms with van der Waals surface area (Å²) < 4.78 is 11.4. The van der Waals surface area contributed by atoms with Crippen LogP contribution in [-0.2, 0) is 9.47 Å². The van der Waals surface area contributed by atoms with E-state index in [1.807, 2.05) is 25.7 Å². The number of guanidine groups is 1. The zero-order valence-corrected chi connectivity index (χ0v) is 19.3. The molecule has 3 atom stereocenters. The molecule has 3 fully saturated rings. The highest BCUT2D eigenvalue weighted by atomic mass is 127. The van der Waals surface area contributed by atoms with Crippen molar-refractivity contribution in [3.05, 3.63) is 0 Å². The highest BCUT2D eigenvalue weighted by Gasteiger charge is 2.41. The van der Waals surface area contributed by atoms with Gasteiger partial charge in [-0.05, 0) is 59.8 Å². The minimum absolute atomic E-state index is 0. The highest BCUT2D eigenvalue weighted by Crippen LogP contribution is 2.34. The van der Waals surface area contributed by atoms with Crippen molar-refractivity contribution >= 4 is 36.0 Å². The maximum absolute atomic E-state index is 12.4. The second-order valence-corrected chi connectivity index (χ2v) is 8.53. The highest BCUT2D eigenvalue weighted by molar-refractivity contribution is 14.0. The molecule has 27 heavy (non-hydrogen) atoms. The van der Waals surface area contributed by atoms with Gasteiger partial charge in [-0.1, -0.05) is 0 Å². The molecule has 3 aliphatic rings. The van der Waals surface area contributed by atoms with Crippen molar-refractivity contribution in [2.45, 2.75) is 89.7 Å². The standard InChI is InChI=1S/C19H34N4O3.HI/c1-5-20-17(22-15-12-14-8-9-16(15)25-14)21-10-11-23(13-6-7-13)18(24)26-19(2,3)4;/h13-16H,5-12H2,1-4H3,(H2,20,21,22);1H. The molecule has 1 aliphatic carbocycles. The lowest BCUT2D eigenvalue weighted by Gasteiger charge is -2.27. The second-order valence-electron chi connectivity index (χ2n) is 8.53. The predicted molar refractivity (Wildman–Crippen MR) is 117 cm³/mol. The van der Waals surface area contributed by atoms with Gasteiger partial charge in [-0.3, -0.25) is 4.99 Å². The molecule has 3 rings (SSSR count). The van der Waals surface area contributed by atoms with E-state index in [0.29, 0.717) is 37.4 Å². The lowest BCUT2D eigenvalue weighted by atomic mass is 9.96. The maximum atomic E-state index is 12.4. The number of carbonyl (C=O) groups excluding carboxylic acids is 1. The molecule has 2 aliphatic heterocycles.